The summed E-state index contributed by atoms with van der Waals surface area (Å²) in [4.78, 5) is 11.8. The molecule has 1 aliphatic rings. The van der Waals surface area contributed by atoms with Crippen molar-refractivity contribution >= 4 is 5.91 Å². The van der Waals surface area contributed by atoms with Crippen molar-refractivity contribution in [1.29, 1.82) is 0 Å². The van der Waals surface area contributed by atoms with E-state index in [1.807, 2.05) is 0 Å². The van der Waals surface area contributed by atoms with E-state index in [0.29, 0.717) is 30.5 Å². The smallest absolute Gasteiger partial charge is 0.273 e. The summed E-state index contributed by atoms with van der Waals surface area (Å²) in [5.41, 5.74) is 0.311. The SMILES string of the molecule is COCc1cc(C(=O)NC[C@@H]2CCCNC2)no1. The number of piperidine rings is 1. The molecule has 1 aromatic heterocycles. The van der Waals surface area contributed by atoms with Crippen LogP contribution < -0.4 is 10.6 Å². The average molecular weight is 253 g/mol. The Hall–Kier alpha value is -1.40. The van der Waals surface area contributed by atoms with Gasteiger partial charge in [-0.05, 0) is 31.8 Å². The molecule has 0 unspecified atom stereocenters. The molecule has 0 aliphatic carbocycles. The summed E-state index contributed by atoms with van der Waals surface area (Å²) < 4.78 is 9.87. The zero-order valence-corrected chi connectivity index (χ0v) is 10.6. The van der Waals surface area contributed by atoms with Gasteiger partial charge in [0.15, 0.2) is 11.5 Å². The number of aromatic nitrogens is 1. The first kappa shape index (κ1) is 13.0. The standard InChI is InChI=1S/C12H19N3O3/c1-17-8-10-5-11(15-18-10)12(16)14-7-9-3-2-4-13-6-9/h5,9,13H,2-4,6-8H2,1H3,(H,14,16)/t9-/m1/s1. The van der Waals surface area contributed by atoms with Gasteiger partial charge >= 0.3 is 0 Å². The van der Waals surface area contributed by atoms with Crippen molar-refractivity contribution in [1.82, 2.24) is 15.8 Å². The van der Waals surface area contributed by atoms with E-state index in [1.165, 1.54) is 6.42 Å². The minimum Gasteiger partial charge on any atom is -0.377 e. The van der Waals surface area contributed by atoms with Gasteiger partial charge in [-0.3, -0.25) is 4.79 Å². The Morgan fingerprint density at radius 3 is 3.33 bits per heavy atom. The first-order valence-electron chi connectivity index (χ1n) is 6.23. The highest BCUT2D eigenvalue weighted by Crippen LogP contribution is 2.09. The minimum atomic E-state index is -0.188. The Morgan fingerprint density at radius 1 is 1.72 bits per heavy atom. The van der Waals surface area contributed by atoms with Crippen LogP contribution in [0.1, 0.15) is 29.1 Å². The number of nitrogens with zero attached hydrogens (tertiary/aromatic N) is 1. The lowest BCUT2D eigenvalue weighted by atomic mass is 10.00. The molecule has 2 N–H and O–H groups in total. The number of nitrogens with one attached hydrogen (secondary N) is 2. The van der Waals surface area contributed by atoms with Crippen LogP contribution in [0.15, 0.2) is 10.6 Å². The van der Waals surface area contributed by atoms with Gasteiger partial charge in [0.25, 0.3) is 5.91 Å². The normalized spacial score (nSPS) is 19.7. The third kappa shape index (κ3) is 3.54. The van der Waals surface area contributed by atoms with Crippen LogP contribution in [0.3, 0.4) is 0 Å². The van der Waals surface area contributed by atoms with E-state index in [-0.39, 0.29) is 5.91 Å². The van der Waals surface area contributed by atoms with Crippen molar-refractivity contribution < 1.29 is 14.1 Å². The molecule has 1 aromatic rings. The van der Waals surface area contributed by atoms with Crippen molar-refractivity contribution in [2.75, 3.05) is 26.7 Å². The maximum atomic E-state index is 11.8. The third-order valence-electron chi connectivity index (χ3n) is 3.03. The highest BCUT2D eigenvalue weighted by Gasteiger charge is 2.16. The zero-order chi connectivity index (χ0) is 12.8. The number of carbonyl (C=O) groups excluding carboxylic acids is 1. The molecule has 0 bridgehead atoms. The molecule has 2 heterocycles. The summed E-state index contributed by atoms with van der Waals surface area (Å²) in [7, 11) is 1.57. The fraction of sp³-hybridized carbons (Fsp3) is 0.667. The summed E-state index contributed by atoms with van der Waals surface area (Å²) in [5.74, 6) is 0.877. The van der Waals surface area contributed by atoms with Crippen LogP contribution in [0, 0.1) is 5.92 Å². The molecular weight excluding hydrogens is 234 g/mol. The van der Waals surface area contributed by atoms with Crippen molar-refractivity contribution in [2.45, 2.75) is 19.4 Å². The Morgan fingerprint density at radius 2 is 2.61 bits per heavy atom. The molecule has 18 heavy (non-hydrogen) atoms. The van der Waals surface area contributed by atoms with Gasteiger partial charge in [0.05, 0.1) is 0 Å². The molecule has 100 valence electrons. The summed E-state index contributed by atoms with van der Waals surface area (Å²) >= 11 is 0. The van der Waals surface area contributed by atoms with Crippen LogP contribution in [-0.4, -0.2) is 37.8 Å². The van der Waals surface area contributed by atoms with Gasteiger partial charge in [-0.2, -0.15) is 0 Å². The molecular formula is C12H19N3O3. The molecule has 0 spiro atoms. The Kier molecular flexibility index (Phi) is 4.72. The minimum absolute atomic E-state index is 0.188. The molecule has 0 aromatic carbocycles. The number of amides is 1. The lowest BCUT2D eigenvalue weighted by Gasteiger charge is -2.22. The molecule has 6 nitrogen and oxygen atoms in total. The fourth-order valence-electron chi connectivity index (χ4n) is 2.06. The van der Waals surface area contributed by atoms with E-state index in [1.54, 1.807) is 13.2 Å². The second-order valence-corrected chi connectivity index (χ2v) is 4.53. The van der Waals surface area contributed by atoms with Crippen molar-refractivity contribution in [3.63, 3.8) is 0 Å². The topological polar surface area (TPSA) is 76.4 Å². The predicted octanol–water partition coefficient (Wildman–Crippen LogP) is 0.550. The predicted molar refractivity (Wildman–Crippen MR) is 65.1 cm³/mol. The molecule has 0 saturated carbocycles. The summed E-state index contributed by atoms with van der Waals surface area (Å²) in [5, 5.41) is 9.91. The number of ether oxygens (including phenoxy) is 1. The van der Waals surface area contributed by atoms with Gasteiger partial charge in [-0.25, -0.2) is 0 Å². The Bertz CT molecular complexity index is 386. The van der Waals surface area contributed by atoms with Crippen molar-refractivity contribution in [3.8, 4) is 0 Å². The number of hydrogen-bond donors (Lipinski definition) is 2. The quantitative estimate of drug-likeness (QED) is 0.801. The summed E-state index contributed by atoms with van der Waals surface area (Å²) in [6, 6.07) is 1.61. The summed E-state index contributed by atoms with van der Waals surface area (Å²) in [6.45, 7) is 3.05. The molecule has 0 radical (unpaired) electrons. The van der Waals surface area contributed by atoms with E-state index >= 15 is 0 Å². The fourth-order valence-corrected chi connectivity index (χ4v) is 2.06. The van der Waals surface area contributed by atoms with Gasteiger partial charge in [-0.15, -0.1) is 0 Å². The van der Waals surface area contributed by atoms with E-state index in [2.05, 4.69) is 15.8 Å². The monoisotopic (exact) mass is 253 g/mol. The van der Waals surface area contributed by atoms with E-state index in [9.17, 15) is 4.79 Å². The lowest BCUT2D eigenvalue weighted by molar-refractivity contribution is 0.0935. The van der Waals surface area contributed by atoms with Crippen molar-refractivity contribution in [2.24, 2.45) is 5.92 Å². The van der Waals surface area contributed by atoms with Gasteiger partial charge in [-0.1, -0.05) is 5.16 Å². The molecule has 2 rings (SSSR count). The van der Waals surface area contributed by atoms with E-state index < -0.39 is 0 Å². The highest BCUT2D eigenvalue weighted by atomic mass is 16.5. The Labute approximate surface area is 106 Å². The molecule has 1 fully saturated rings. The van der Waals surface area contributed by atoms with Gasteiger partial charge in [0, 0.05) is 19.7 Å². The maximum Gasteiger partial charge on any atom is 0.273 e. The molecule has 1 saturated heterocycles. The second-order valence-electron chi connectivity index (χ2n) is 4.53. The van der Waals surface area contributed by atoms with Crippen LogP contribution >= 0.6 is 0 Å². The number of rotatable bonds is 5. The van der Waals surface area contributed by atoms with Gasteiger partial charge in [0.2, 0.25) is 0 Å². The molecule has 1 aliphatic heterocycles. The Balaban J connectivity index is 1.79. The molecule has 6 heteroatoms. The first-order chi connectivity index (χ1) is 8.79. The average Bonchev–Trinajstić information content (AvgIpc) is 2.86. The number of methoxy groups -OCH3 is 1. The van der Waals surface area contributed by atoms with Gasteiger partial charge < -0.3 is 19.9 Å². The van der Waals surface area contributed by atoms with E-state index in [4.69, 9.17) is 9.26 Å². The van der Waals surface area contributed by atoms with Gasteiger partial charge in [0.1, 0.15) is 6.61 Å². The lowest BCUT2D eigenvalue weighted by Crippen LogP contribution is -2.38. The highest BCUT2D eigenvalue weighted by molar-refractivity contribution is 5.92. The van der Waals surface area contributed by atoms with Crippen LogP contribution in [0.25, 0.3) is 0 Å². The zero-order valence-electron chi connectivity index (χ0n) is 10.6. The van der Waals surface area contributed by atoms with Crippen LogP contribution in [0.5, 0.6) is 0 Å². The largest absolute Gasteiger partial charge is 0.377 e. The second kappa shape index (κ2) is 6.51. The van der Waals surface area contributed by atoms with E-state index in [0.717, 1.165) is 19.5 Å². The van der Waals surface area contributed by atoms with Crippen molar-refractivity contribution in [3.05, 3.63) is 17.5 Å². The van der Waals surface area contributed by atoms with Crippen LogP contribution in [0.4, 0.5) is 0 Å². The number of hydrogen-bond acceptors (Lipinski definition) is 5. The third-order valence-corrected chi connectivity index (χ3v) is 3.03. The van der Waals surface area contributed by atoms with Crippen LogP contribution in [-0.2, 0) is 11.3 Å². The first-order valence-corrected chi connectivity index (χ1v) is 6.23. The molecule has 1 amide bonds. The van der Waals surface area contributed by atoms with Crippen LogP contribution in [0.2, 0.25) is 0 Å². The number of carbonyl (C=O) groups is 1. The molecule has 1 atom stereocenters. The maximum absolute atomic E-state index is 11.8. The summed E-state index contributed by atoms with van der Waals surface area (Å²) in [6.07, 6.45) is 2.32.